The SMILES string of the molecule is Cc1cc(C)cc(N2c3cc(C)ccc3B3c4cc5c6c7c4N(c4cc(C)ccc4B7c4ccc(C)cc4N6c4cc(N6c7ccccc7C7(C)CCCCC67C)cc6c4B5c4ccc(C)cc4N6c4cc(C)cc(C)c4)c4cc(N5c6ccccc6C6(C)CCCCC56C)cc2c43)c1. The Kier molecular flexibility index (Phi) is 11.6. The van der Waals surface area contributed by atoms with Gasteiger partial charge in [-0.3, -0.25) is 0 Å². The van der Waals surface area contributed by atoms with Crippen LogP contribution in [0.4, 0.5) is 91.0 Å². The summed E-state index contributed by atoms with van der Waals surface area (Å²) in [4.78, 5) is 16.8. The third-order valence-corrected chi connectivity index (χ3v) is 26.9. The van der Waals surface area contributed by atoms with Gasteiger partial charge in [-0.15, -0.1) is 0 Å². The molecule has 4 atom stereocenters. The predicted molar refractivity (Wildman–Crippen MR) is 423 cm³/mol. The summed E-state index contributed by atoms with van der Waals surface area (Å²) < 4.78 is 0. The van der Waals surface area contributed by atoms with Gasteiger partial charge in [0.05, 0.1) is 11.1 Å². The number of nitrogens with zero attached hydrogens (tertiary/aromatic N) is 6. The Morgan fingerprint density at radius 3 is 0.960 bits per heavy atom. The Morgan fingerprint density at radius 1 is 0.263 bits per heavy atom. The van der Waals surface area contributed by atoms with Crippen LogP contribution in [-0.4, -0.2) is 31.2 Å². The first-order chi connectivity index (χ1) is 47.8. The monoisotopic (exact) mass is 1280 g/mol. The van der Waals surface area contributed by atoms with Crippen LogP contribution in [0.1, 0.15) is 135 Å². The van der Waals surface area contributed by atoms with Gasteiger partial charge < -0.3 is 29.4 Å². The van der Waals surface area contributed by atoms with Crippen molar-refractivity contribution in [2.75, 3.05) is 29.4 Å². The van der Waals surface area contributed by atoms with Crippen LogP contribution in [0.15, 0.2) is 188 Å². The van der Waals surface area contributed by atoms with Crippen LogP contribution in [0.25, 0.3) is 0 Å². The van der Waals surface area contributed by atoms with Crippen LogP contribution in [0.3, 0.4) is 0 Å². The van der Waals surface area contributed by atoms with E-state index in [1.807, 2.05) is 0 Å². The molecule has 6 nitrogen and oxygen atoms in total. The van der Waals surface area contributed by atoms with Crippen molar-refractivity contribution < 1.29 is 0 Å². The average molecular weight is 1280 g/mol. The van der Waals surface area contributed by atoms with Crippen LogP contribution >= 0.6 is 0 Å². The molecule has 482 valence electrons. The number of anilines is 16. The van der Waals surface area contributed by atoms with Gasteiger partial charge in [-0.05, 0) is 285 Å². The summed E-state index contributed by atoms with van der Waals surface area (Å²) in [5, 5.41) is 0. The minimum absolute atomic E-state index is 0.0317. The number of benzene rings is 11. The Labute approximate surface area is 586 Å². The summed E-state index contributed by atoms with van der Waals surface area (Å²) in [5.74, 6) is 0. The number of aryl methyl sites for hydroxylation is 8. The molecule has 0 spiro atoms. The highest BCUT2D eigenvalue weighted by atomic mass is 15.3. The lowest BCUT2D eigenvalue weighted by atomic mass is 9.25. The van der Waals surface area contributed by atoms with Crippen molar-refractivity contribution in [3.8, 4) is 0 Å². The summed E-state index contributed by atoms with van der Waals surface area (Å²) in [6.45, 7) is 28.5. The minimum Gasteiger partial charge on any atom is -0.334 e. The van der Waals surface area contributed by atoms with Gasteiger partial charge in [-0.25, -0.2) is 0 Å². The number of hydrogen-bond donors (Lipinski definition) is 0. The van der Waals surface area contributed by atoms with Crippen molar-refractivity contribution in [1.29, 1.82) is 0 Å². The van der Waals surface area contributed by atoms with Crippen molar-refractivity contribution >= 4 is 160 Å². The van der Waals surface area contributed by atoms with E-state index in [-0.39, 0.29) is 42.0 Å². The highest BCUT2D eigenvalue weighted by molar-refractivity contribution is 7.07. The van der Waals surface area contributed by atoms with Crippen LogP contribution in [0, 0.1) is 55.4 Å². The molecule has 0 aromatic heterocycles. The van der Waals surface area contributed by atoms with Crippen molar-refractivity contribution in [2.24, 2.45) is 0 Å². The first-order valence-electron chi connectivity index (χ1n) is 37.0. The van der Waals surface area contributed by atoms with Crippen LogP contribution in [0.5, 0.6) is 0 Å². The van der Waals surface area contributed by atoms with Gasteiger partial charge in [-0.1, -0.05) is 143 Å². The molecule has 0 amide bonds. The van der Waals surface area contributed by atoms with Crippen LogP contribution in [0.2, 0.25) is 0 Å². The molecule has 11 aromatic rings. The molecule has 0 saturated heterocycles. The lowest BCUT2D eigenvalue weighted by Crippen LogP contribution is -2.72. The Bertz CT molecular complexity index is 5140. The molecule has 0 N–H and O–H groups in total. The molecule has 2 aliphatic carbocycles. The average Bonchev–Trinajstić information content (AvgIpc) is 1.25. The number of fused-ring (bicyclic) bond motifs is 20. The normalized spacial score (nSPS) is 22.2. The number of para-hydroxylation sites is 2. The second-order valence-electron chi connectivity index (χ2n) is 32.9. The summed E-state index contributed by atoms with van der Waals surface area (Å²) >= 11 is 0. The largest absolute Gasteiger partial charge is 0.334 e. The predicted octanol–water partition coefficient (Wildman–Crippen LogP) is 16.9. The lowest BCUT2D eigenvalue weighted by molar-refractivity contribution is 0.195. The number of rotatable bonds is 4. The molecule has 0 radical (unpaired) electrons. The lowest BCUT2D eigenvalue weighted by Gasteiger charge is -2.54. The van der Waals surface area contributed by atoms with E-state index in [2.05, 4.69) is 301 Å². The maximum atomic E-state index is 2.85. The van der Waals surface area contributed by atoms with Crippen molar-refractivity contribution in [1.82, 2.24) is 0 Å². The van der Waals surface area contributed by atoms with E-state index in [0.29, 0.717) is 0 Å². The van der Waals surface area contributed by atoms with Gasteiger partial charge in [0.1, 0.15) is 0 Å². The Balaban J connectivity index is 0.918. The first kappa shape index (κ1) is 58.4. The van der Waals surface area contributed by atoms with Gasteiger partial charge >= 0.3 is 0 Å². The number of hydrogen-bond acceptors (Lipinski definition) is 6. The van der Waals surface area contributed by atoms with E-state index in [1.54, 1.807) is 0 Å². The fourth-order valence-corrected chi connectivity index (χ4v) is 22.5. The van der Waals surface area contributed by atoms with Crippen molar-refractivity contribution in [2.45, 2.75) is 156 Å². The smallest absolute Gasteiger partial charge is 0.252 e. The molecule has 21 rings (SSSR count). The maximum absolute atomic E-state index is 2.85. The zero-order valence-electron chi connectivity index (χ0n) is 59.5. The molecular weight excluding hydrogens is 1200 g/mol. The Morgan fingerprint density at radius 2 is 0.586 bits per heavy atom. The van der Waals surface area contributed by atoms with E-state index in [9.17, 15) is 0 Å². The molecule has 2 fully saturated rings. The second kappa shape index (κ2) is 19.7. The van der Waals surface area contributed by atoms with Gasteiger partial charge in [0, 0.05) is 102 Å². The third-order valence-electron chi connectivity index (χ3n) is 26.9. The fraction of sp³-hybridized carbons (Fsp3) is 0.267. The molecule has 10 aliphatic rings. The van der Waals surface area contributed by atoms with Gasteiger partial charge in [0.2, 0.25) is 0 Å². The van der Waals surface area contributed by atoms with E-state index in [4.69, 9.17) is 0 Å². The highest BCUT2D eigenvalue weighted by Crippen LogP contribution is 2.64. The van der Waals surface area contributed by atoms with Gasteiger partial charge in [0.25, 0.3) is 20.1 Å². The van der Waals surface area contributed by atoms with E-state index in [1.165, 1.54) is 234 Å². The van der Waals surface area contributed by atoms with E-state index >= 15 is 0 Å². The molecule has 2 saturated carbocycles. The topological polar surface area (TPSA) is 19.4 Å². The van der Waals surface area contributed by atoms with E-state index in [0.717, 1.165) is 12.8 Å². The summed E-state index contributed by atoms with van der Waals surface area (Å²) in [7, 11) is 0. The van der Waals surface area contributed by atoms with Gasteiger partial charge in [0.15, 0.2) is 0 Å². The van der Waals surface area contributed by atoms with Crippen LogP contribution < -0.4 is 78.6 Å². The molecule has 8 heterocycles. The van der Waals surface area contributed by atoms with Crippen molar-refractivity contribution in [3.05, 3.63) is 244 Å². The third kappa shape index (κ3) is 7.32. The molecule has 4 unspecified atom stereocenters. The Hall–Kier alpha value is -9.59. The molecule has 11 aromatic carbocycles. The molecular formula is C90H83B3N6. The summed E-state index contributed by atoms with van der Waals surface area (Å²) in [6.07, 6.45) is 9.49. The molecule has 0 bridgehead atoms. The van der Waals surface area contributed by atoms with Crippen LogP contribution in [-0.2, 0) is 10.8 Å². The highest BCUT2D eigenvalue weighted by Gasteiger charge is 2.61. The molecule has 99 heavy (non-hydrogen) atoms. The van der Waals surface area contributed by atoms with Gasteiger partial charge in [-0.2, -0.15) is 0 Å². The first-order valence-corrected chi connectivity index (χ1v) is 37.0. The maximum Gasteiger partial charge on any atom is 0.252 e. The summed E-state index contributed by atoms with van der Waals surface area (Å²) in [5.41, 5.74) is 45.7. The second-order valence-corrected chi connectivity index (χ2v) is 32.9. The zero-order valence-corrected chi connectivity index (χ0v) is 59.5. The molecule has 8 aliphatic heterocycles. The summed E-state index contributed by atoms with van der Waals surface area (Å²) in [6, 6.07) is 76.8. The molecule has 9 heteroatoms. The fourth-order valence-electron chi connectivity index (χ4n) is 22.5. The zero-order chi connectivity index (χ0) is 67.0. The van der Waals surface area contributed by atoms with Crippen molar-refractivity contribution in [3.63, 3.8) is 0 Å². The minimum atomic E-state index is -0.164. The van der Waals surface area contributed by atoms with E-state index < -0.39 is 0 Å². The standard InChI is InChI=1S/C90H83B3N6/c1-52-25-29-66-74(43-52)94(60-39-56(5)37-57(6)40-60)78-47-62(98-72-23-15-13-21-64(72)87(9)33-17-19-35-89(87,98)11)49-80-82(78)92(66)70-51-71-86-84-85(70)96(80)76-45-54(3)27-31-68(76)91(84)69-32-28-55(4)46-77(69)97(86)81-50-63(99-73-24-16-14-22-65(73)88(10)34-18-20-36-90(88,99)12)48-79-83(81)93(71)67-30-26-53(2)44-75(67)95(79)61-41-58(7)38-59(8)42-61/h13-16,21-32,37-51H,17-20,33-36H2,1-12H3. The quantitative estimate of drug-likeness (QED) is 0.162.